The first-order chi connectivity index (χ1) is 8.99. The van der Waals surface area contributed by atoms with Gasteiger partial charge < -0.3 is 5.11 Å². The molecule has 2 aromatic heterocycles. The number of nitrogens with zero attached hydrogens (tertiary/aromatic N) is 2. The van der Waals surface area contributed by atoms with Crippen molar-refractivity contribution in [3.8, 4) is 10.6 Å². The van der Waals surface area contributed by atoms with Crippen LogP contribution in [0.5, 0.6) is 0 Å². The van der Waals surface area contributed by atoms with Crippen LogP contribution in [0.4, 0.5) is 0 Å². The van der Waals surface area contributed by atoms with E-state index >= 15 is 0 Å². The van der Waals surface area contributed by atoms with E-state index in [2.05, 4.69) is 33.5 Å². The standard InChI is InChI=1S/C14H21N3OS/c1-4-17(10-14(2,3)18)9-11-8-15-16-13(11)12-6-5-7-19-12/h5-8,18H,4,9-10H2,1-3H3,(H,15,16). The van der Waals surface area contributed by atoms with Gasteiger partial charge in [0.1, 0.15) is 0 Å². The van der Waals surface area contributed by atoms with Crippen molar-refractivity contribution in [1.29, 1.82) is 0 Å². The summed E-state index contributed by atoms with van der Waals surface area (Å²) in [6, 6.07) is 4.13. The van der Waals surface area contributed by atoms with Crippen LogP contribution >= 0.6 is 11.3 Å². The van der Waals surface area contributed by atoms with Gasteiger partial charge in [0.2, 0.25) is 0 Å². The van der Waals surface area contributed by atoms with E-state index in [-0.39, 0.29) is 0 Å². The lowest BCUT2D eigenvalue weighted by atomic mass is 10.1. The van der Waals surface area contributed by atoms with E-state index < -0.39 is 5.60 Å². The Morgan fingerprint density at radius 3 is 2.84 bits per heavy atom. The topological polar surface area (TPSA) is 52.2 Å². The van der Waals surface area contributed by atoms with E-state index in [4.69, 9.17) is 0 Å². The van der Waals surface area contributed by atoms with E-state index in [1.54, 1.807) is 11.3 Å². The first-order valence-electron chi connectivity index (χ1n) is 6.50. The number of aromatic nitrogens is 2. The highest BCUT2D eigenvalue weighted by Crippen LogP contribution is 2.26. The third-order valence-electron chi connectivity index (χ3n) is 2.94. The molecule has 2 heterocycles. The summed E-state index contributed by atoms with van der Waals surface area (Å²) in [7, 11) is 0. The van der Waals surface area contributed by atoms with Crippen LogP contribution in [0, 0.1) is 0 Å². The molecule has 0 radical (unpaired) electrons. The number of thiophene rings is 1. The van der Waals surface area contributed by atoms with Crippen molar-refractivity contribution in [3.05, 3.63) is 29.3 Å². The molecule has 2 rings (SSSR count). The number of rotatable bonds is 6. The van der Waals surface area contributed by atoms with Crippen molar-refractivity contribution >= 4 is 11.3 Å². The maximum absolute atomic E-state index is 9.94. The molecule has 0 fully saturated rings. The molecule has 0 saturated heterocycles. The largest absolute Gasteiger partial charge is 0.389 e. The van der Waals surface area contributed by atoms with Crippen LogP contribution in [0.2, 0.25) is 0 Å². The number of likely N-dealkylation sites (N-methyl/N-ethyl adjacent to an activating group) is 1. The van der Waals surface area contributed by atoms with Crippen LogP contribution in [0.15, 0.2) is 23.7 Å². The van der Waals surface area contributed by atoms with Crippen LogP contribution in [0.25, 0.3) is 10.6 Å². The minimum absolute atomic E-state index is 0.651. The Morgan fingerprint density at radius 2 is 2.26 bits per heavy atom. The molecule has 0 unspecified atom stereocenters. The lowest BCUT2D eigenvalue weighted by molar-refractivity contribution is 0.0354. The van der Waals surface area contributed by atoms with Gasteiger partial charge in [-0.15, -0.1) is 11.3 Å². The summed E-state index contributed by atoms with van der Waals surface area (Å²) in [4.78, 5) is 3.42. The summed E-state index contributed by atoms with van der Waals surface area (Å²) >= 11 is 1.70. The average molecular weight is 279 g/mol. The molecule has 0 aliphatic carbocycles. The van der Waals surface area contributed by atoms with Crippen molar-refractivity contribution < 1.29 is 5.11 Å². The predicted molar refractivity (Wildman–Crippen MR) is 79.1 cm³/mol. The number of aliphatic hydroxyl groups is 1. The fourth-order valence-corrected chi connectivity index (χ4v) is 2.89. The molecule has 0 bridgehead atoms. The Bertz CT molecular complexity index is 499. The van der Waals surface area contributed by atoms with Gasteiger partial charge in [0.05, 0.1) is 22.4 Å². The maximum Gasteiger partial charge on any atom is 0.0794 e. The second-order valence-electron chi connectivity index (χ2n) is 5.36. The number of hydrogen-bond donors (Lipinski definition) is 2. The van der Waals surface area contributed by atoms with Crippen LogP contribution in [0.1, 0.15) is 26.3 Å². The average Bonchev–Trinajstić information content (AvgIpc) is 2.95. The second-order valence-corrected chi connectivity index (χ2v) is 6.31. The van der Waals surface area contributed by atoms with Gasteiger partial charge in [0.25, 0.3) is 0 Å². The first kappa shape index (κ1) is 14.2. The molecule has 0 amide bonds. The molecule has 4 nitrogen and oxygen atoms in total. The van der Waals surface area contributed by atoms with Gasteiger partial charge in [-0.25, -0.2) is 0 Å². The van der Waals surface area contributed by atoms with Crippen LogP contribution < -0.4 is 0 Å². The van der Waals surface area contributed by atoms with Gasteiger partial charge in [0, 0.05) is 18.7 Å². The number of aromatic amines is 1. The summed E-state index contributed by atoms with van der Waals surface area (Å²) in [5.41, 5.74) is 1.58. The quantitative estimate of drug-likeness (QED) is 0.855. The highest BCUT2D eigenvalue weighted by molar-refractivity contribution is 7.13. The van der Waals surface area contributed by atoms with Crippen LogP contribution in [0.3, 0.4) is 0 Å². The van der Waals surface area contributed by atoms with Crippen molar-refractivity contribution in [2.24, 2.45) is 0 Å². The fraction of sp³-hybridized carbons (Fsp3) is 0.500. The van der Waals surface area contributed by atoms with Gasteiger partial charge in [0.15, 0.2) is 0 Å². The summed E-state index contributed by atoms with van der Waals surface area (Å²) in [6.07, 6.45) is 1.88. The summed E-state index contributed by atoms with van der Waals surface area (Å²) in [6.45, 7) is 8.13. The number of hydrogen-bond acceptors (Lipinski definition) is 4. The number of H-pyrrole nitrogens is 1. The molecular formula is C14H21N3OS. The third-order valence-corrected chi connectivity index (χ3v) is 3.82. The molecule has 5 heteroatoms. The zero-order chi connectivity index (χ0) is 13.9. The third kappa shape index (κ3) is 3.89. The molecule has 0 aliphatic rings. The summed E-state index contributed by atoms with van der Waals surface area (Å²) < 4.78 is 0. The van der Waals surface area contributed by atoms with E-state index in [0.717, 1.165) is 18.8 Å². The molecule has 104 valence electrons. The first-order valence-corrected chi connectivity index (χ1v) is 7.38. The van der Waals surface area contributed by atoms with E-state index in [0.29, 0.717) is 6.54 Å². The molecule has 2 N–H and O–H groups in total. The van der Waals surface area contributed by atoms with Crippen molar-refractivity contribution in [1.82, 2.24) is 15.1 Å². The molecule has 0 spiro atoms. The molecular weight excluding hydrogens is 258 g/mol. The smallest absolute Gasteiger partial charge is 0.0794 e. The van der Waals surface area contributed by atoms with Gasteiger partial charge in [-0.05, 0) is 31.8 Å². The zero-order valence-corrected chi connectivity index (χ0v) is 12.5. The minimum atomic E-state index is -0.678. The van der Waals surface area contributed by atoms with E-state index in [9.17, 15) is 5.11 Å². The maximum atomic E-state index is 9.94. The molecule has 2 aromatic rings. The SMILES string of the molecule is CCN(Cc1cn[nH]c1-c1cccs1)CC(C)(C)O. The second kappa shape index (κ2) is 5.86. The highest BCUT2D eigenvalue weighted by atomic mass is 32.1. The Morgan fingerprint density at radius 1 is 1.47 bits per heavy atom. The van der Waals surface area contributed by atoms with Gasteiger partial charge in [-0.3, -0.25) is 10.00 Å². The monoisotopic (exact) mass is 279 g/mol. The molecule has 0 atom stereocenters. The lowest BCUT2D eigenvalue weighted by Crippen LogP contribution is -2.38. The Balaban J connectivity index is 2.13. The predicted octanol–water partition coefficient (Wildman–Crippen LogP) is 2.73. The van der Waals surface area contributed by atoms with Crippen molar-refractivity contribution in [3.63, 3.8) is 0 Å². The normalized spacial score (nSPS) is 12.3. The zero-order valence-electron chi connectivity index (χ0n) is 11.7. The van der Waals surface area contributed by atoms with Crippen LogP contribution in [-0.4, -0.2) is 38.9 Å². The van der Waals surface area contributed by atoms with E-state index in [1.165, 1.54) is 10.4 Å². The van der Waals surface area contributed by atoms with Gasteiger partial charge in [-0.1, -0.05) is 13.0 Å². The van der Waals surface area contributed by atoms with Crippen LogP contribution in [-0.2, 0) is 6.54 Å². The molecule has 0 saturated carbocycles. The summed E-state index contributed by atoms with van der Waals surface area (Å²) in [5, 5.41) is 19.2. The van der Waals surface area contributed by atoms with Crippen molar-refractivity contribution in [2.75, 3.05) is 13.1 Å². The summed E-state index contributed by atoms with van der Waals surface area (Å²) in [5.74, 6) is 0. The number of nitrogens with one attached hydrogen (secondary N) is 1. The van der Waals surface area contributed by atoms with Crippen molar-refractivity contribution in [2.45, 2.75) is 32.9 Å². The fourth-order valence-electron chi connectivity index (χ4n) is 2.13. The van der Waals surface area contributed by atoms with Gasteiger partial charge >= 0.3 is 0 Å². The molecule has 0 aliphatic heterocycles. The minimum Gasteiger partial charge on any atom is -0.389 e. The highest BCUT2D eigenvalue weighted by Gasteiger charge is 2.19. The Labute approximate surface area is 118 Å². The molecule has 19 heavy (non-hydrogen) atoms. The molecule has 0 aromatic carbocycles. The lowest BCUT2D eigenvalue weighted by Gasteiger charge is -2.27. The Hall–Kier alpha value is -1.17. The Kier molecular flexibility index (Phi) is 4.39. The van der Waals surface area contributed by atoms with Gasteiger partial charge in [-0.2, -0.15) is 5.10 Å². The van der Waals surface area contributed by atoms with E-state index in [1.807, 2.05) is 26.1 Å².